The summed E-state index contributed by atoms with van der Waals surface area (Å²) in [5, 5.41) is 3.46. The van der Waals surface area contributed by atoms with Gasteiger partial charge in [-0.1, -0.05) is 44.2 Å². The van der Waals surface area contributed by atoms with E-state index in [1.165, 1.54) is 5.56 Å². The van der Waals surface area contributed by atoms with Crippen LogP contribution >= 0.6 is 0 Å². The molecular weight excluding hydrogens is 248 g/mol. The van der Waals surface area contributed by atoms with E-state index in [0.29, 0.717) is 5.92 Å². The maximum atomic E-state index is 6.06. The van der Waals surface area contributed by atoms with Crippen molar-refractivity contribution in [3.05, 3.63) is 60.4 Å². The Kier molecular flexibility index (Phi) is 5.56. The van der Waals surface area contributed by atoms with Crippen LogP contribution < -0.4 is 10.1 Å². The van der Waals surface area contributed by atoms with E-state index in [0.717, 1.165) is 18.8 Å². The van der Waals surface area contributed by atoms with Crippen molar-refractivity contribution in [1.82, 2.24) is 10.3 Å². The topological polar surface area (TPSA) is 34.1 Å². The van der Waals surface area contributed by atoms with Crippen molar-refractivity contribution in [3.63, 3.8) is 0 Å². The molecule has 2 aromatic rings. The Hall–Kier alpha value is -1.87. The second-order valence-corrected chi connectivity index (χ2v) is 5.26. The van der Waals surface area contributed by atoms with Crippen LogP contribution in [0.5, 0.6) is 5.75 Å². The molecule has 0 saturated carbocycles. The normalized spacial score (nSPS) is 12.3. The van der Waals surface area contributed by atoms with Crippen molar-refractivity contribution in [2.75, 3.05) is 13.1 Å². The van der Waals surface area contributed by atoms with Crippen molar-refractivity contribution in [2.45, 2.75) is 20.0 Å². The largest absolute Gasteiger partial charge is 0.483 e. The highest BCUT2D eigenvalue weighted by Gasteiger charge is 2.13. The minimum Gasteiger partial charge on any atom is -0.483 e. The summed E-state index contributed by atoms with van der Waals surface area (Å²) in [5.41, 5.74) is 1.17. The fraction of sp³-hybridized carbons (Fsp3) is 0.353. The van der Waals surface area contributed by atoms with Gasteiger partial charge in [0.2, 0.25) is 0 Å². The van der Waals surface area contributed by atoms with Gasteiger partial charge >= 0.3 is 0 Å². The van der Waals surface area contributed by atoms with Crippen LogP contribution in [-0.4, -0.2) is 18.1 Å². The molecule has 0 amide bonds. The zero-order valence-corrected chi connectivity index (χ0v) is 12.1. The van der Waals surface area contributed by atoms with E-state index in [1.54, 1.807) is 12.4 Å². The zero-order valence-electron chi connectivity index (χ0n) is 12.1. The van der Waals surface area contributed by atoms with Crippen LogP contribution in [0.4, 0.5) is 0 Å². The van der Waals surface area contributed by atoms with Gasteiger partial charge in [0.1, 0.15) is 11.9 Å². The van der Waals surface area contributed by atoms with E-state index in [-0.39, 0.29) is 6.10 Å². The van der Waals surface area contributed by atoms with Gasteiger partial charge in [-0.15, -0.1) is 0 Å². The summed E-state index contributed by atoms with van der Waals surface area (Å²) in [5.74, 6) is 1.43. The second-order valence-electron chi connectivity index (χ2n) is 5.26. The molecule has 1 aromatic heterocycles. The van der Waals surface area contributed by atoms with Crippen molar-refractivity contribution in [3.8, 4) is 5.75 Å². The molecule has 2 rings (SSSR count). The molecule has 0 fully saturated rings. The average Bonchev–Trinajstić information content (AvgIpc) is 2.48. The zero-order chi connectivity index (χ0) is 14.2. The third-order valence-electron chi connectivity index (χ3n) is 2.97. The summed E-state index contributed by atoms with van der Waals surface area (Å²) < 4.78 is 6.06. The van der Waals surface area contributed by atoms with Crippen LogP contribution in [0.3, 0.4) is 0 Å². The average molecular weight is 270 g/mol. The molecule has 1 heterocycles. The standard InChI is InChI=1S/C17H22N2O/c1-14(2)11-19-13-17(15-7-4-3-5-8-15)20-16-9-6-10-18-12-16/h3-10,12,14,17,19H,11,13H2,1-2H3. The summed E-state index contributed by atoms with van der Waals surface area (Å²) in [4.78, 5) is 4.09. The lowest BCUT2D eigenvalue weighted by atomic mass is 10.1. The van der Waals surface area contributed by atoms with Gasteiger partial charge in [-0.2, -0.15) is 0 Å². The summed E-state index contributed by atoms with van der Waals surface area (Å²) in [6.45, 7) is 6.18. The third-order valence-corrected chi connectivity index (χ3v) is 2.97. The van der Waals surface area contributed by atoms with E-state index in [1.807, 2.05) is 30.3 Å². The number of pyridine rings is 1. The van der Waals surface area contributed by atoms with Gasteiger partial charge in [-0.25, -0.2) is 0 Å². The van der Waals surface area contributed by atoms with Crippen LogP contribution in [0.2, 0.25) is 0 Å². The minimum absolute atomic E-state index is 0.000787. The van der Waals surface area contributed by atoms with Crippen molar-refractivity contribution in [1.29, 1.82) is 0 Å². The molecule has 3 heteroatoms. The molecule has 0 saturated heterocycles. The van der Waals surface area contributed by atoms with Crippen LogP contribution in [0.1, 0.15) is 25.5 Å². The van der Waals surface area contributed by atoms with E-state index >= 15 is 0 Å². The highest BCUT2D eigenvalue weighted by Crippen LogP contribution is 2.20. The number of rotatable bonds is 7. The first-order valence-corrected chi connectivity index (χ1v) is 7.08. The molecule has 3 nitrogen and oxygen atoms in total. The number of ether oxygens (including phenoxy) is 1. The number of aromatic nitrogens is 1. The highest BCUT2D eigenvalue weighted by molar-refractivity contribution is 5.22. The van der Waals surface area contributed by atoms with Gasteiger partial charge in [0.15, 0.2) is 0 Å². The van der Waals surface area contributed by atoms with E-state index in [4.69, 9.17) is 4.74 Å². The first-order valence-electron chi connectivity index (χ1n) is 7.08. The SMILES string of the molecule is CC(C)CNCC(Oc1cccnc1)c1ccccc1. The number of benzene rings is 1. The lowest BCUT2D eigenvalue weighted by Gasteiger charge is -2.20. The lowest BCUT2D eigenvalue weighted by molar-refractivity contribution is 0.199. The Morgan fingerprint density at radius 1 is 1.05 bits per heavy atom. The third kappa shape index (κ3) is 4.67. The summed E-state index contributed by atoms with van der Waals surface area (Å²) in [7, 11) is 0. The Bertz CT molecular complexity index is 485. The molecule has 0 aliphatic carbocycles. The summed E-state index contributed by atoms with van der Waals surface area (Å²) in [6, 6.07) is 14.1. The van der Waals surface area contributed by atoms with Crippen LogP contribution in [0.15, 0.2) is 54.9 Å². The van der Waals surface area contributed by atoms with E-state index in [9.17, 15) is 0 Å². The number of hydrogen-bond donors (Lipinski definition) is 1. The van der Waals surface area contributed by atoms with Crippen molar-refractivity contribution >= 4 is 0 Å². The molecule has 1 N–H and O–H groups in total. The molecule has 0 aliphatic heterocycles. The Morgan fingerprint density at radius 2 is 1.85 bits per heavy atom. The van der Waals surface area contributed by atoms with Gasteiger partial charge in [0.25, 0.3) is 0 Å². The second kappa shape index (κ2) is 7.65. The maximum Gasteiger partial charge on any atom is 0.138 e. The maximum absolute atomic E-state index is 6.06. The first-order chi connectivity index (χ1) is 9.75. The Morgan fingerprint density at radius 3 is 2.50 bits per heavy atom. The molecule has 0 radical (unpaired) electrons. The molecule has 20 heavy (non-hydrogen) atoms. The molecule has 1 aromatic carbocycles. The molecular formula is C17H22N2O. The predicted molar refractivity (Wildman–Crippen MR) is 81.8 cm³/mol. The monoisotopic (exact) mass is 270 g/mol. The van der Waals surface area contributed by atoms with E-state index in [2.05, 4.69) is 36.3 Å². The van der Waals surface area contributed by atoms with Crippen LogP contribution in [0, 0.1) is 5.92 Å². The number of nitrogens with zero attached hydrogens (tertiary/aromatic N) is 1. The molecule has 0 aliphatic rings. The van der Waals surface area contributed by atoms with Crippen molar-refractivity contribution < 1.29 is 4.74 Å². The first kappa shape index (κ1) is 14.5. The van der Waals surface area contributed by atoms with Crippen LogP contribution in [-0.2, 0) is 0 Å². The summed E-state index contributed by atoms with van der Waals surface area (Å²) >= 11 is 0. The highest BCUT2D eigenvalue weighted by atomic mass is 16.5. The van der Waals surface area contributed by atoms with Gasteiger partial charge in [0.05, 0.1) is 6.20 Å². The van der Waals surface area contributed by atoms with E-state index < -0.39 is 0 Å². The summed E-state index contributed by atoms with van der Waals surface area (Å²) in [6.07, 6.45) is 3.50. The van der Waals surface area contributed by atoms with Gasteiger partial charge in [-0.05, 0) is 30.2 Å². The molecule has 1 unspecified atom stereocenters. The van der Waals surface area contributed by atoms with Gasteiger partial charge < -0.3 is 10.1 Å². The van der Waals surface area contributed by atoms with Gasteiger partial charge in [-0.3, -0.25) is 4.98 Å². The fourth-order valence-corrected chi connectivity index (χ4v) is 1.98. The Labute approximate surface area is 121 Å². The number of nitrogens with one attached hydrogen (secondary N) is 1. The predicted octanol–water partition coefficient (Wildman–Crippen LogP) is 3.45. The smallest absolute Gasteiger partial charge is 0.138 e. The van der Waals surface area contributed by atoms with Crippen LogP contribution in [0.25, 0.3) is 0 Å². The minimum atomic E-state index is -0.000787. The quantitative estimate of drug-likeness (QED) is 0.836. The molecule has 106 valence electrons. The molecule has 0 spiro atoms. The van der Waals surface area contributed by atoms with Crippen molar-refractivity contribution in [2.24, 2.45) is 5.92 Å². The fourth-order valence-electron chi connectivity index (χ4n) is 1.98. The number of hydrogen-bond acceptors (Lipinski definition) is 3. The Balaban J connectivity index is 2.04. The molecule has 0 bridgehead atoms. The van der Waals surface area contributed by atoms with Gasteiger partial charge in [0, 0.05) is 12.7 Å². The lowest BCUT2D eigenvalue weighted by Crippen LogP contribution is -2.28. The molecule has 1 atom stereocenters.